The zero-order chi connectivity index (χ0) is 14.7. The standard InChI is InChI=1S/C14H14BrFN2OS/c1-2-3-6-18-13(19)12(17-14(18)20)8-9-4-5-11(16)10(15)7-9/h4-5,7-8H,2-3,6H2,1H3,(H,17,20)/b12-8+. The van der Waals surface area contributed by atoms with E-state index in [0.717, 1.165) is 18.4 Å². The minimum Gasteiger partial charge on any atom is -0.328 e. The topological polar surface area (TPSA) is 32.3 Å². The fraction of sp³-hybridized carbons (Fsp3) is 0.286. The van der Waals surface area contributed by atoms with E-state index in [1.165, 1.54) is 6.07 Å². The molecule has 20 heavy (non-hydrogen) atoms. The van der Waals surface area contributed by atoms with Crippen LogP contribution in [0.1, 0.15) is 25.3 Å². The van der Waals surface area contributed by atoms with Gasteiger partial charge in [-0.25, -0.2) is 4.39 Å². The zero-order valence-electron chi connectivity index (χ0n) is 11.0. The van der Waals surface area contributed by atoms with Gasteiger partial charge in [-0.1, -0.05) is 19.4 Å². The summed E-state index contributed by atoms with van der Waals surface area (Å²) >= 11 is 8.28. The molecule has 0 radical (unpaired) electrons. The van der Waals surface area contributed by atoms with Crippen LogP contribution in [0.25, 0.3) is 6.08 Å². The molecular weight excluding hydrogens is 343 g/mol. The number of benzene rings is 1. The maximum absolute atomic E-state index is 13.2. The molecule has 0 aliphatic carbocycles. The van der Waals surface area contributed by atoms with Gasteiger partial charge in [0.25, 0.3) is 5.91 Å². The normalized spacial score (nSPS) is 16.9. The van der Waals surface area contributed by atoms with Gasteiger partial charge in [0, 0.05) is 6.54 Å². The molecule has 3 nitrogen and oxygen atoms in total. The lowest BCUT2D eigenvalue weighted by Gasteiger charge is -2.12. The van der Waals surface area contributed by atoms with Crippen LogP contribution in [0.15, 0.2) is 28.4 Å². The molecule has 2 rings (SSSR count). The molecule has 1 N–H and O–H groups in total. The molecule has 1 saturated heterocycles. The second-order valence-electron chi connectivity index (χ2n) is 4.47. The van der Waals surface area contributed by atoms with Crippen LogP contribution in [-0.4, -0.2) is 22.5 Å². The number of unbranched alkanes of at least 4 members (excludes halogenated alkanes) is 1. The van der Waals surface area contributed by atoms with Gasteiger partial charge >= 0.3 is 0 Å². The first-order valence-electron chi connectivity index (χ1n) is 6.32. The van der Waals surface area contributed by atoms with Crippen LogP contribution in [0.4, 0.5) is 4.39 Å². The van der Waals surface area contributed by atoms with Gasteiger partial charge < -0.3 is 5.32 Å². The van der Waals surface area contributed by atoms with Crippen LogP contribution in [0.3, 0.4) is 0 Å². The number of carbonyl (C=O) groups excluding carboxylic acids is 1. The van der Waals surface area contributed by atoms with Crippen molar-refractivity contribution in [1.29, 1.82) is 0 Å². The Morgan fingerprint density at radius 1 is 1.50 bits per heavy atom. The maximum Gasteiger partial charge on any atom is 0.276 e. The van der Waals surface area contributed by atoms with E-state index in [2.05, 4.69) is 28.2 Å². The van der Waals surface area contributed by atoms with Crippen molar-refractivity contribution in [2.24, 2.45) is 0 Å². The first kappa shape index (κ1) is 15.1. The van der Waals surface area contributed by atoms with Gasteiger partial charge in [-0.15, -0.1) is 0 Å². The molecule has 0 unspecified atom stereocenters. The second kappa shape index (κ2) is 6.45. The Balaban J connectivity index is 2.20. The third-order valence-corrected chi connectivity index (χ3v) is 3.88. The van der Waals surface area contributed by atoms with Crippen LogP contribution in [0, 0.1) is 5.82 Å². The number of thiocarbonyl (C=S) groups is 1. The molecular formula is C14H14BrFN2OS. The Bertz CT molecular complexity index is 589. The van der Waals surface area contributed by atoms with Gasteiger partial charge in [0.15, 0.2) is 5.11 Å². The molecule has 1 aliphatic heterocycles. The Labute approximate surface area is 131 Å². The number of amides is 1. The van der Waals surface area contributed by atoms with E-state index in [-0.39, 0.29) is 11.7 Å². The highest BCUT2D eigenvalue weighted by Gasteiger charge is 2.29. The van der Waals surface area contributed by atoms with Crippen molar-refractivity contribution in [3.05, 3.63) is 39.7 Å². The van der Waals surface area contributed by atoms with Crippen LogP contribution >= 0.6 is 28.1 Å². The predicted octanol–water partition coefficient (Wildman–Crippen LogP) is 3.45. The molecule has 1 aliphatic rings. The summed E-state index contributed by atoms with van der Waals surface area (Å²) in [4.78, 5) is 13.8. The van der Waals surface area contributed by atoms with Gasteiger partial charge in [-0.2, -0.15) is 0 Å². The third kappa shape index (κ3) is 3.24. The van der Waals surface area contributed by atoms with Crippen molar-refractivity contribution in [2.45, 2.75) is 19.8 Å². The van der Waals surface area contributed by atoms with Crippen molar-refractivity contribution >= 4 is 45.2 Å². The van der Waals surface area contributed by atoms with Crippen molar-refractivity contribution in [2.75, 3.05) is 6.54 Å². The van der Waals surface area contributed by atoms with E-state index in [1.54, 1.807) is 23.1 Å². The van der Waals surface area contributed by atoms with Gasteiger partial charge in [-0.05, 0) is 58.3 Å². The summed E-state index contributed by atoms with van der Waals surface area (Å²) < 4.78 is 13.5. The van der Waals surface area contributed by atoms with E-state index < -0.39 is 0 Å². The lowest BCUT2D eigenvalue weighted by atomic mass is 10.2. The van der Waals surface area contributed by atoms with Crippen molar-refractivity contribution < 1.29 is 9.18 Å². The van der Waals surface area contributed by atoms with Gasteiger partial charge in [0.1, 0.15) is 11.5 Å². The number of nitrogens with one attached hydrogen (secondary N) is 1. The van der Waals surface area contributed by atoms with E-state index in [0.29, 0.717) is 21.8 Å². The average molecular weight is 357 g/mol. The molecule has 1 amide bonds. The summed E-state index contributed by atoms with van der Waals surface area (Å²) in [5.74, 6) is -0.471. The molecule has 0 bridgehead atoms. The Morgan fingerprint density at radius 2 is 2.25 bits per heavy atom. The van der Waals surface area contributed by atoms with Crippen LogP contribution in [0.5, 0.6) is 0 Å². The molecule has 0 aromatic heterocycles. The zero-order valence-corrected chi connectivity index (χ0v) is 13.4. The van der Waals surface area contributed by atoms with Crippen molar-refractivity contribution in [3.8, 4) is 0 Å². The first-order valence-corrected chi connectivity index (χ1v) is 7.52. The lowest BCUT2D eigenvalue weighted by molar-refractivity contribution is -0.122. The van der Waals surface area contributed by atoms with Gasteiger partial charge in [-0.3, -0.25) is 9.69 Å². The minimum absolute atomic E-state index is 0.135. The molecule has 1 aromatic rings. The number of carbonyl (C=O) groups is 1. The number of halogens is 2. The highest BCUT2D eigenvalue weighted by atomic mass is 79.9. The summed E-state index contributed by atoms with van der Waals surface area (Å²) in [5, 5.41) is 3.33. The number of nitrogens with zero attached hydrogens (tertiary/aromatic N) is 1. The quantitative estimate of drug-likeness (QED) is 0.662. The SMILES string of the molecule is CCCCN1C(=O)/C(=C\c2ccc(F)c(Br)c2)NC1=S. The number of hydrogen-bond donors (Lipinski definition) is 1. The van der Waals surface area contributed by atoms with Crippen LogP contribution in [0.2, 0.25) is 0 Å². The van der Waals surface area contributed by atoms with Crippen molar-refractivity contribution in [3.63, 3.8) is 0 Å². The number of hydrogen-bond acceptors (Lipinski definition) is 2. The summed E-state index contributed by atoms with van der Waals surface area (Å²) in [5.41, 5.74) is 1.15. The lowest BCUT2D eigenvalue weighted by Crippen LogP contribution is -2.31. The molecule has 0 atom stereocenters. The molecule has 1 aromatic carbocycles. The Morgan fingerprint density at radius 3 is 2.90 bits per heavy atom. The van der Waals surface area contributed by atoms with Crippen molar-refractivity contribution in [1.82, 2.24) is 10.2 Å². The molecule has 0 spiro atoms. The highest BCUT2D eigenvalue weighted by Crippen LogP contribution is 2.20. The van der Waals surface area contributed by atoms with Gasteiger partial charge in [0.05, 0.1) is 4.47 Å². The van der Waals surface area contributed by atoms with E-state index in [1.807, 2.05) is 0 Å². The fourth-order valence-electron chi connectivity index (χ4n) is 1.86. The Hall–Kier alpha value is -1.27. The minimum atomic E-state index is -0.335. The predicted molar refractivity (Wildman–Crippen MR) is 84.4 cm³/mol. The number of rotatable bonds is 4. The van der Waals surface area contributed by atoms with Crippen LogP contribution in [-0.2, 0) is 4.79 Å². The molecule has 106 valence electrons. The Kier molecular flexibility index (Phi) is 4.88. The molecule has 1 heterocycles. The maximum atomic E-state index is 13.2. The first-order chi connectivity index (χ1) is 9.52. The molecule has 0 saturated carbocycles. The molecule has 6 heteroatoms. The summed E-state index contributed by atoms with van der Waals surface area (Å²) in [6, 6.07) is 4.58. The summed E-state index contributed by atoms with van der Waals surface area (Å²) in [7, 11) is 0. The fourth-order valence-corrected chi connectivity index (χ4v) is 2.54. The van der Waals surface area contributed by atoms with E-state index in [4.69, 9.17) is 12.2 Å². The smallest absolute Gasteiger partial charge is 0.276 e. The molecule has 1 fully saturated rings. The largest absolute Gasteiger partial charge is 0.328 e. The summed E-state index contributed by atoms with van der Waals surface area (Å²) in [6.07, 6.45) is 3.57. The van der Waals surface area contributed by atoms with Gasteiger partial charge in [0.2, 0.25) is 0 Å². The van der Waals surface area contributed by atoms with E-state index >= 15 is 0 Å². The second-order valence-corrected chi connectivity index (χ2v) is 5.71. The van der Waals surface area contributed by atoms with E-state index in [9.17, 15) is 9.18 Å². The highest BCUT2D eigenvalue weighted by molar-refractivity contribution is 9.10. The van der Waals surface area contributed by atoms with Crippen LogP contribution < -0.4 is 5.32 Å². The third-order valence-electron chi connectivity index (χ3n) is 2.95. The summed E-state index contributed by atoms with van der Waals surface area (Å²) in [6.45, 7) is 2.68. The average Bonchev–Trinajstić information content (AvgIpc) is 2.67. The monoisotopic (exact) mass is 356 g/mol.